The lowest BCUT2D eigenvalue weighted by Gasteiger charge is -2.45. The summed E-state index contributed by atoms with van der Waals surface area (Å²) in [7, 11) is 0. The van der Waals surface area contributed by atoms with E-state index < -0.39 is 42.8 Å². The third-order valence-electron chi connectivity index (χ3n) is 11.7. The van der Waals surface area contributed by atoms with Crippen LogP contribution in [0.25, 0.3) is 0 Å². The lowest BCUT2D eigenvalue weighted by atomic mass is 9.97. The van der Waals surface area contributed by atoms with Crippen molar-refractivity contribution in [2.75, 3.05) is 13.2 Å². The number of hydrogen-bond donors (Lipinski definition) is 1. The van der Waals surface area contributed by atoms with E-state index in [2.05, 4.69) is 6.92 Å². The Kier molecular flexibility index (Phi) is 25.0. The smallest absolute Gasteiger partial charge is 0.338 e. The van der Waals surface area contributed by atoms with Crippen LogP contribution >= 0.6 is 0 Å². The molecule has 0 spiro atoms. The zero-order valence-corrected chi connectivity index (χ0v) is 38.7. The number of hydrogen-bond acceptors (Lipinski definition) is 10. The van der Waals surface area contributed by atoms with E-state index in [1.54, 1.807) is 0 Å². The van der Waals surface area contributed by atoms with Gasteiger partial charge in [0.1, 0.15) is 37.6 Å². The van der Waals surface area contributed by atoms with Gasteiger partial charge in [0.2, 0.25) is 0 Å². The van der Waals surface area contributed by atoms with Gasteiger partial charge in [0.05, 0.1) is 26.4 Å². The van der Waals surface area contributed by atoms with Crippen LogP contribution in [0.5, 0.6) is 0 Å². The molecule has 65 heavy (non-hydrogen) atoms. The van der Waals surface area contributed by atoms with E-state index in [9.17, 15) is 14.7 Å². The quantitative estimate of drug-likeness (QED) is 0.0366. The summed E-state index contributed by atoms with van der Waals surface area (Å²) in [4.78, 5) is 26.8. The molecule has 1 aliphatic rings. The zero-order valence-electron chi connectivity index (χ0n) is 38.7. The number of ether oxygens (including phenoxy) is 7. The maximum atomic E-state index is 14.1. The highest BCUT2D eigenvalue weighted by molar-refractivity contribution is 5.76. The molecule has 1 aliphatic heterocycles. The summed E-state index contributed by atoms with van der Waals surface area (Å²) in [6, 6.07) is 38.4. The summed E-state index contributed by atoms with van der Waals surface area (Å²) in [5.41, 5.74) is 3.51. The number of esters is 2. The minimum Gasteiger partial charge on any atom is -0.463 e. The van der Waals surface area contributed by atoms with Crippen molar-refractivity contribution >= 4 is 11.9 Å². The molecule has 0 saturated carbocycles. The van der Waals surface area contributed by atoms with E-state index in [0.29, 0.717) is 6.42 Å². The van der Waals surface area contributed by atoms with Crippen LogP contribution in [0.2, 0.25) is 0 Å². The number of unbranched alkanes of at least 4 members (excludes halogenated alkanes) is 14. The van der Waals surface area contributed by atoms with Crippen LogP contribution in [0, 0.1) is 0 Å². The maximum absolute atomic E-state index is 14.1. The summed E-state index contributed by atoms with van der Waals surface area (Å²) < 4.78 is 43.9. The molecule has 0 radical (unpaired) electrons. The van der Waals surface area contributed by atoms with Crippen molar-refractivity contribution in [3.63, 3.8) is 0 Å². The van der Waals surface area contributed by atoms with Gasteiger partial charge in [0.25, 0.3) is 0 Å². The summed E-state index contributed by atoms with van der Waals surface area (Å²) >= 11 is 0. The van der Waals surface area contributed by atoms with Crippen LogP contribution in [0.15, 0.2) is 121 Å². The zero-order chi connectivity index (χ0) is 45.6. The van der Waals surface area contributed by atoms with E-state index in [-0.39, 0.29) is 45.6 Å². The summed E-state index contributed by atoms with van der Waals surface area (Å²) in [6.45, 7) is 2.27. The largest absolute Gasteiger partial charge is 0.463 e. The molecular weight excluding hydrogens is 821 g/mol. The van der Waals surface area contributed by atoms with E-state index in [4.69, 9.17) is 33.2 Å². The van der Waals surface area contributed by atoms with Crippen LogP contribution in [0.4, 0.5) is 0 Å². The van der Waals surface area contributed by atoms with Crippen molar-refractivity contribution in [3.05, 3.63) is 144 Å². The Morgan fingerprint density at radius 2 is 0.877 bits per heavy atom. The SMILES string of the molecule is CCCCCCCCCCCCCCCCCC(=O)OC[C@@H](O)CO[C@H]1O[C@H](C(=O)OCc2ccccc2)[C@@H](OCc2ccccc2)[C@H](OCc2ccccc2)[C@H]1OCc1ccccc1. The number of aliphatic hydroxyl groups excluding tert-OH is 1. The molecule has 0 unspecified atom stereocenters. The minimum absolute atomic E-state index is 0.0173. The van der Waals surface area contributed by atoms with Gasteiger partial charge in [0.15, 0.2) is 12.4 Å². The molecule has 354 valence electrons. The molecule has 4 aromatic carbocycles. The van der Waals surface area contributed by atoms with Gasteiger partial charge in [-0.3, -0.25) is 4.79 Å². The van der Waals surface area contributed by atoms with Gasteiger partial charge in [-0.15, -0.1) is 0 Å². The molecule has 1 saturated heterocycles. The van der Waals surface area contributed by atoms with Crippen LogP contribution in [0.1, 0.15) is 132 Å². The number of carbonyl (C=O) groups excluding carboxylic acids is 2. The van der Waals surface area contributed by atoms with E-state index in [1.807, 2.05) is 121 Å². The first-order chi connectivity index (χ1) is 32.0. The monoisotopic (exact) mass is 895 g/mol. The van der Waals surface area contributed by atoms with Gasteiger partial charge in [-0.1, -0.05) is 218 Å². The Morgan fingerprint density at radius 1 is 0.477 bits per heavy atom. The van der Waals surface area contributed by atoms with E-state index >= 15 is 0 Å². The normalized spacial score (nSPS) is 18.8. The second kappa shape index (κ2) is 31.5. The summed E-state index contributed by atoms with van der Waals surface area (Å²) in [5.74, 6) is -1.02. The Labute approximate surface area is 388 Å². The van der Waals surface area contributed by atoms with E-state index in [0.717, 1.165) is 41.5 Å². The standard InChI is InChI=1S/C55H74O10/c1-2-3-4-5-6-7-8-9-10-11-12-13-14-15-28-37-49(57)59-42-48(56)43-64-55-53(62-40-46-33-24-18-25-34-46)51(61-39-45-31-22-17-23-32-45)50(60-38-44-29-20-16-21-30-44)52(65-55)54(58)63-41-47-35-26-19-27-36-47/h16-27,29-36,48,50-53,55-56H,2-15,28,37-43H2,1H3/t48-,50+,51+,52+,53-,55+/m1/s1. The maximum Gasteiger partial charge on any atom is 0.338 e. The highest BCUT2D eigenvalue weighted by Gasteiger charge is 2.52. The number of rotatable bonds is 33. The van der Waals surface area contributed by atoms with Crippen molar-refractivity contribution in [1.82, 2.24) is 0 Å². The van der Waals surface area contributed by atoms with Crippen LogP contribution in [-0.4, -0.2) is 67.1 Å². The van der Waals surface area contributed by atoms with Gasteiger partial charge in [0, 0.05) is 6.42 Å². The van der Waals surface area contributed by atoms with Crippen LogP contribution in [0.3, 0.4) is 0 Å². The molecule has 0 bridgehead atoms. The molecule has 10 nitrogen and oxygen atoms in total. The predicted octanol–water partition coefficient (Wildman–Crippen LogP) is 11.4. The molecule has 1 heterocycles. The fourth-order valence-corrected chi connectivity index (χ4v) is 7.95. The van der Waals surface area contributed by atoms with Crippen molar-refractivity contribution in [2.45, 2.75) is 173 Å². The molecule has 0 aromatic heterocycles. The van der Waals surface area contributed by atoms with Crippen LogP contribution < -0.4 is 0 Å². The highest BCUT2D eigenvalue weighted by Crippen LogP contribution is 2.32. The van der Waals surface area contributed by atoms with Crippen molar-refractivity contribution < 1.29 is 47.9 Å². The highest BCUT2D eigenvalue weighted by atomic mass is 16.7. The fourth-order valence-electron chi connectivity index (χ4n) is 7.95. The fraction of sp³-hybridized carbons (Fsp3) is 0.527. The van der Waals surface area contributed by atoms with Crippen molar-refractivity contribution in [1.29, 1.82) is 0 Å². The Balaban J connectivity index is 1.18. The van der Waals surface area contributed by atoms with Gasteiger partial charge in [-0.2, -0.15) is 0 Å². The van der Waals surface area contributed by atoms with Crippen molar-refractivity contribution in [2.24, 2.45) is 0 Å². The first kappa shape index (κ1) is 51.6. The van der Waals surface area contributed by atoms with Crippen LogP contribution in [-0.2, 0) is 69.2 Å². The lowest BCUT2D eigenvalue weighted by Crippen LogP contribution is -2.63. The Morgan fingerprint density at radius 3 is 1.34 bits per heavy atom. The van der Waals surface area contributed by atoms with Gasteiger partial charge in [-0.05, 0) is 28.7 Å². The van der Waals surface area contributed by atoms with Gasteiger partial charge >= 0.3 is 11.9 Å². The average Bonchev–Trinajstić information content (AvgIpc) is 3.35. The van der Waals surface area contributed by atoms with Gasteiger partial charge in [-0.25, -0.2) is 4.79 Å². The molecule has 4 aromatic rings. The second-order valence-corrected chi connectivity index (χ2v) is 17.2. The molecule has 6 atom stereocenters. The van der Waals surface area contributed by atoms with E-state index in [1.165, 1.54) is 77.0 Å². The Hall–Kier alpha value is -4.42. The lowest BCUT2D eigenvalue weighted by molar-refractivity contribution is -0.323. The third-order valence-corrected chi connectivity index (χ3v) is 11.7. The molecule has 1 N–H and O–H groups in total. The molecule has 0 amide bonds. The average molecular weight is 895 g/mol. The first-order valence-electron chi connectivity index (χ1n) is 24.3. The topological polar surface area (TPSA) is 119 Å². The second-order valence-electron chi connectivity index (χ2n) is 17.2. The third kappa shape index (κ3) is 20.3. The molecule has 0 aliphatic carbocycles. The Bertz CT molecular complexity index is 1810. The predicted molar refractivity (Wildman–Crippen MR) is 252 cm³/mol. The van der Waals surface area contributed by atoms with Gasteiger partial charge < -0.3 is 38.3 Å². The number of benzene rings is 4. The molecule has 5 rings (SSSR count). The molecular formula is C55H74O10. The van der Waals surface area contributed by atoms with Crippen molar-refractivity contribution in [3.8, 4) is 0 Å². The first-order valence-corrected chi connectivity index (χ1v) is 24.3. The molecule has 1 fully saturated rings. The number of aliphatic hydroxyl groups is 1. The summed E-state index contributed by atoms with van der Waals surface area (Å²) in [5, 5.41) is 11.0. The summed E-state index contributed by atoms with van der Waals surface area (Å²) in [6.07, 6.45) is 12.5. The number of carbonyl (C=O) groups is 2. The molecule has 10 heteroatoms. The minimum atomic E-state index is -1.30.